The first-order chi connectivity index (χ1) is 15.8. The average molecular weight is 455 g/mol. The molecule has 0 aliphatic carbocycles. The highest BCUT2D eigenvalue weighted by atomic mass is 16.6. The van der Waals surface area contributed by atoms with Crippen LogP contribution in [0.5, 0.6) is 0 Å². The second-order valence-electron chi connectivity index (χ2n) is 9.70. The van der Waals surface area contributed by atoms with Crippen molar-refractivity contribution < 1.29 is 9.53 Å². The summed E-state index contributed by atoms with van der Waals surface area (Å²) in [6, 6.07) is 3.96. The van der Waals surface area contributed by atoms with Crippen LogP contribution in [-0.4, -0.2) is 57.6 Å². The van der Waals surface area contributed by atoms with Gasteiger partial charge in [0.25, 0.3) is 0 Å². The molecule has 33 heavy (non-hydrogen) atoms. The Hall–Kier alpha value is -2.71. The van der Waals surface area contributed by atoms with Gasteiger partial charge in [-0.15, -0.1) is 0 Å². The van der Waals surface area contributed by atoms with Gasteiger partial charge in [-0.2, -0.15) is 0 Å². The number of hydrogen-bond acceptors (Lipinski definition) is 7. The third kappa shape index (κ3) is 8.63. The van der Waals surface area contributed by atoms with Gasteiger partial charge in [-0.1, -0.05) is 0 Å². The molecule has 2 saturated heterocycles. The van der Waals surface area contributed by atoms with Crippen LogP contribution < -0.4 is 11.1 Å². The fourth-order valence-corrected chi connectivity index (χ4v) is 4.03. The Morgan fingerprint density at radius 2 is 1.45 bits per heavy atom. The summed E-state index contributed by atoms with van der Waals surface area (Å²) in [6.07, 6.45) is 11.7. The summed E-state index contributed by atoms with van der Waals surface area (Å²) >= 11 is 0. The Balaban J connectivity index is 0.000000203. The maximum Gasteiger partial charge on any atom is 0.412 e. The molecule has 2 aliphatic rings. The van der Waals surface area contributed by atoms with E-state index >= 15 is 0 Å². The van der Waals surface area contributed by atoms with Crippen molar-refractivity contribution in [1.29, 1.82) is 0 Å². The predicted octanol–water partition coefficient (Wildman–Crippen LogP) is 4.28. The van der Waals surface area contributed by atoms with E-state index in [4.69, 9.17) is 10.5 Å². The molecule has 0 atom stereocenters. The highest BCUT2D eigenvalue weighted by Gasteiger charge is 2.19. The number of nitrogens with one attached hydrogen (secondary N) is 1. The molecule has 2 aromatic rings. The Morgan fingerprint density at radius 3 is 2.00 bits per heavy atom. The second-order valence-corrected chi connectivity index (χ2v) is 9.70. The molecule has 0 saturated carbocycles. The van der Waals surface area contributed by atoms with Crippen molar-refractivity contribution in [3.8, 4) is 0 Å². The standard InChI is InChI=1S/C15H23N3O2.C10H15N3/c1-15(2,3)20-14(19)17-13-10-16-7-6-12(13)11-18-8-4-5-9-18;11-10-7-12-4-3-9(10)8-13-5-1-2-6-13/h6-7,10H,4-5,8-9,11H2,1-3H3,(H,17,19);3-4,7H,1-2,5-6,8,11H2. The molecule has 2 aromatic heterocycles. The number of carbonyl (C=O) groups excluding carboxylic acids is 1. The van der Waals surface area contributed by atoms with E-state index in [1.807, 2.05) is 39.1 Å². The summed E-state index contributed by atoms with van der Waals surface area (Å²) in [7, 11) is 0. The summed E-state index contributed by atoms with van der Waals surface area (Å²) in [5.41, 5.74) is 9.14. The van der Waals surface area contributed by atoms with Gasteiger partial charge >= 0.3 is 6.09 Å². The molecule has 0 spiro atoms. The zero-order valence-corrected chi connectivity index (χ0v) is 20.2. The van der Waals surface area contributed by atoms with Crippen molar-refractivity contribution >= 4 is 17.5 Å². The lowest BCUT2D eigenvalue weighted by molar-refractivity contribution is 0.0635. The first-order valence-corrected chi connectivity index (χ1v) is 11.9. The van der Waals surface area contributed by atoms with Crippen molar-refractivity contribution in [2.45, 2.75) is 65.1 Å². The zero-order valence-electron chi connectivity index (χ0n) is 20.2. The monoisotopic (exact) mass is 454 g/mol. The minimum Gasteiger partial charge on any atom is -0.444 e. The van der Waals surface area contributed by atoms with Gasteiger partial charge in [0.05, 0.1) is 23.8 Å². The number of anilines is 2. The minimum atomic E-state index is -0.499. The number of pyridine rings is 2. The summed E-state index contributed by atoms with van der Waals surface area (Å²) < 4.78 is 5.28. The molecule has 0 aromatic carbocycles. The van der Waals surface area contributed by atoms with Crippen LogP contribution in [0.15, 0.2) is 36.9 Å². The van der Waals surface area contributed by atoms with Crippen LogP contribution in [0.4, 0.5) is 16.2 Å². The van der Waals surface area contributed by atoms with Crippen LogP contribution in [-0.2, 0) is 17.8 Å². The molecule has 8 heteroatoms. The lowest BCUT2D eigenvalue weighted by Gasteiger charge is -2.21. The SMILES string of the molecule is CC(C)(C)OC(=O)Nc1cnccc1CN1CCCC1.Nc1cnccc1CN1CCCC1. The number of rotatable bonds is 5. The predicted molar refractivity (Wildman–Crippen MR) is 132 cm³/mol. The number of ether oxygens (including phenoxy) is 1. The fourth-order valence-electron chi connectivity index (χ4n) is 4.03. The molecule has 0 radical (unpaired) electrons. The summed E-state index contributed by atoms with van der Waals surface area (Å²) in [4.78, 5) is 24.7. The third-order valence-corrected chi connectivity index (χ3v) is 5.68. The Bertz CT molecular complexity index is 886. The lowest BCUT2D eigenvalue weighted by atomic mass is 10.2. The quantitative estimate of drug-likeness (QED) is 0.696. The topological polar surface area (TPSA) is 96.6 Å². The molecule has 2 aliphatic heterocycles. The second kappa shape index (κ2) is 12.0. The van der Waals surface area contributed by atoms with Gasteiger partial charge in [0, 0.05) is 25.5 Å². The van der Waals surface area contributed by atoms with E-state index in [-0.39, 0.29) is 0 Å². The number of nitrogen functional groups attached to an aromatic ring is 1. The van der Waals surface area contributed by atoms with E-state index in [9.17, 15) is 4.79 Å². The van der Waals surface area contributed by atoms with E-state index < -0.39 is 11.7 Å². The number of nitrogens with zero attached hydrogens (tertiary/aromatic N) is 4. The van der Waals surface area contributed by atoms with Gasteiger partial charge in [0.1, 0.15) is 5.60 Å². The molecule has 180 valence electrons. The van der Waals surface area contributed by atoms with Crippen LogP contribution >= 0.6 is 0 Å². The zero-order chi connectivity index (χ0) is 23.7. The maximum atomic E-state index is 11.8. The van der Waals surface area contributed by atoms with Gasteiger partial charge < -0.3 is 10.5 Å². The smallest absolute Gasteiger partial charge is 0.412 e. The minimum absolute atomic E-state index is 0.437. The van der Waals surface area contributed by atoms with Gasteiger partial charge in [-0.3, -0.25) is 25.1 Å². The fraction of sp³-hybridized carbons (Fsp3) is 0.560. The Kier molecular flexibility index (Phi) is 9.03. The molecule has 4 rings (SSSR count). The van der Waals surface area contributed by atoms with Crippen LogP contribution in [0.1, 0.15) is 57.6 Å². The molecule has 4 heterocycles. The number of hydrogen-bond donors (Lipinski definition) is 2. The molecule has 0 unspecified atom stereocenters. The van der Waals surface area contributed by atoms with Gasteiger partial charge in [-0.05, 0) is 95.9 Å². The number of amides is 1. The number of likely N-dealkylation sites (tertiary alicyclic amines) is 2. The van der Waals surface area contributed by atoms with Crippen LogP contribution in [0.25, 0.3) is 0 Å². The number of nitrogens with two attached hydrogens (primary N) is 1. The van der Waals surface area contributed by atoms with Crippen molar-refractivity contribution in [3.63, 3.8) is 0 Å². The molecule has 1 amide bonds. The molecule has 8 nitrogen and oxygen atoms in total. The Labute approximate surface area is 197 Å². The first-order valence-electron chi connectivity index (χ1n) is 11.9. The van der Waals surface area contributed by atoms with Crippen molar-refractivity contribution in [3.05, 3.63) is 48.0 Å². The highest BCUT2D eigenvalue weighted by molar-refractivity contribution is 5.85. The first kappa shape index (κ1) is 24.9. The van der Waals surface area contributed by atoms with Gasteiger partial charge in [0.15, 0.2) is 0 Å². The van der Waals surface area contributed by atoms with E-state index in [1.54, 1.807) is 18.6 Å². The lowest BCUT2D eigenvalue weighted by Crippen LogP contribution is -2.28. The molecule has 3 N–H and O–H groups in total. The van der Waals surface area contributed by atoms with Crippen LogP contribution in [0.3, 0.4) is 0 Å². The third-order valence-electron chi connectivity index (χ3n) is 5.68. The highest BCUT2D eigenvalue weighted by Crippen LogP contribution is 2.20. The molecule has 0 bridgehead atoms. The average Bonchev–Trinajstić information content (AvgIpc) is 3.45. The summed E-state index contributed by atoms with van der Waals surface area (Å²) in [5.74, 6) is 0. The van der Waals surface area contributed by atoms with E-state index in [0.717, 1.165) is 43.1 Å². The number of aromatic nitrogens is 2. The number of carbonyl (C=O) groups is 1. The molecular weight excluding hydrogens is 416 g/mol. The van der Waals surface area contributed by atoms with Gasteiger partial charge in [0.2, 0.25) is 0 Å². The van der Waals surface area contributed by atoms with Crippen molar-refractivity contribution in [1.82, 2.24) is 19.8 Å². The van der Waals surface area contributed by atoms with E-state index in [2.05, 4.69) is 25.1 Å². The largest absolute Gasteiger partial charge is 0.444 e. The molecular formula is C25H38N6O2. The summed E-state index contributed by atoms with van der Waals surface area (Å²) in [6.45, 7) is 12.0. The van der Waals surface area contributed by atoms with E-state index in [0.29, 0.717) is 0 Å². The van der Waals surface area contributed by atoms with Crippen molar-refractivity contribution in [2.75, 3.05) is 37.2 Å². The van der Waals surface area contributed by atoms with E-state index in [1.165, 1.54) is 44.3 Å². The molecule has 2 fully saturated rings. The van der Waals surface area contributed by atoms with Crippen LogP contribution in [0, 0.1) is 0 Å². The summed E-state index contributed by atoms with van der Waals surface area (Å²) in [5, 5.41) is 2.79. The Morgan fingerprint density at radius 1 is 0.939 bits per heavy atom. The maximum absolute atomic E-state index is 11.8. The van der Waals surface area contributed by atoms with Crippen molar-refractivity contribution in [2.24, 2.45) is 0 Å². The van der Waals surface area contributed by atoms with Gasteiger partial charge in [-0.25, -0.2) is 4.79 Å². The normalized spacial score (nSPS) is 16.8. The van der Waals surface area contributed by atoms with Crippen LogP contribution in [0.2, 0.25) is 0 Å².